The quantitative estimate of drug-likeness (QED) is 0.669. The van der Waals surface area contributed by atoms with Gasteiger partial charge < -0.3 is 15.0 Å². The number of nitro benzene ring substituents is 1. The molecule has 1 N–H and O–H groups in total. The number of nitrogens with one attached hydrogen (secondary N) is 1. The Labute approximate surface area is 127 Å². The van der Waals surface area contributed by atoms with Crippen LogP contribution in [0.5, 0.6) is 0 Å². The number of non-ortho nitro benzene ring substituents is 1. The van der Waals surface area contributed by atoms with Gasteiger partial charge in [-0.3, -0.25) is 14.9 Å². The van der Waals surface area contributed by atoms with Crippen LogP contribution in [0.4, 0.5) is 5.69 Å². The van der Waals surface area contributed by atoms with Crippen molar-refractivity contribution in [3.05, 3.63) is 38.9 Å². The fraction of sp³-hybridized carbons (Fsp3) is 0.462. The molecule has 1 aliphatic heterocycles. The number of rotatable bonds is 4. The molecule has 2 rings (SSSR count). The second kappa shape index (κ2) is 6.84. The Morgan fingerprint density at radius 1 is 1.62 bits per heavy atom. The maximum absolute atomic E-state index is 12.1. The molecule has 1 saturated heterocycles. The minimum absolute atomic E-state index is 0.0924. The molecule has 7 nitrogen and oxygen atoms in total. The van der Waals surface area contributed by atoms with Gasteiger partial charge in [0.15, 0.2) is 0 Å². The van der Waals surface area contributed by atoms with Gasteiger partial charge in [-0.2, -0.15) is 0 Å². The van der Waals surface area contributed by atoms with Crippen LogP contribution in [-0.2, 0) is 4.74 Å². The minimum Gasteiger partial charge on any atom is -0.374 e. The molecule has 0 radical (unpaired) electrons. The molecular weight excluding hydrogens is 298 g/mol. The largest absolute Gasteiger partial charge is 0.374 e. The van der Waals surface area contributed by atoms with Crippen molar-refractivity contribution >= 4 is 23.2 Å². The summed E-state index contributed by atoms with van der Waals surface area (Å²) >= 11 is 5.92. The summed E-state index contributed by atoms with van der Waals surface area (Å²) in [6.07, 6.45) is -0.0924. The number of hydrogen-bond acceptors (Lipinski definition) is 5. The van der Waals surface area contributed by atoms with Gasteiger partial charge in [0.05, 0.1) is 28.2 Å². The lowest BCUT2D eigenvalue weighted by molar-refractivity contribution is -0.384. The first-order valence-electron chi connectivity index (χ1n) is 6.49. The van der Waals surface area contributed by atoms with E-state index in [1.54, 1.807) is 0 Å². The van der Waals surface area contributed by atoms with Crippen LogP contribution in [0.1, 0.15) is 10.4 Å². The van der Waals surface area contributed by atoms with Crippen molar-refractivity contribution in [3.63, 3.8) is 0 Å². The molecule has 8 heteroatoms. The Bertz CT molecular complexity index is 552. The summed E-state index contributed by atoms with van der Waals surface area (Å²) in [6.45, 7) is 2.54. The van der Waals surface area contributed by atoms with Crippen LogP contribution in [-0.4, -0.2) is 55.1 Å². The Morgan fingerprint density at radius 3 is 3.05 bits per heavy atom. The number of amides is 1. The van der Waals surface area contributed by atoms with Gasteiger partial charge >= 0.3 is 0 Å². The number of carbonyl (C=O) groups is 1. The lowest BCUT2D eigenvalue weighted by atomic mass is 10.2. The van der Waals surface area contributed by atoms with Crippen LogP contribution in [0.15, 0.2) is 18.2 Å². The van der Waals surface area contributed by atoms with Crippen molar-refractivity contribution in [2.24, 2.45) is 0 Å². The van der Waals surface area contributed by atoms with E-state index in [0.717, 1.165) is 13.1 Å². The van der Waals surface area contributed by atoms with Crippen molar-refractivity contribution in [2.45, 2.75) is 6.10 Å². The maximum atomic E-state index is 12.1. The summed E-state index contributed by atoms with van der Waals surface area (Å²) in [4.78, 5) is 24.4. The van der Waals surface area contributed by atoms with Gasteiger partial charge in [0.25, 0.3) is 11.6 Å². The predicted molar refractivity (Wildman–Crippen MR) is 77.7 cm³/mol. The highest BCUT2D eigenvalue weighted by molar-refractivity contribution is 6.33. The SMILES string of the molecule is CN1CCOC(CNC(=O)c2cc([N+](=O)[O-])ccc2Cl)C1. The van der Waals surface area contributed by atoms with Crippen molar-refractivity contribution in [3.8, 4) is 0 Å². The number of hydrogen-bond donors (Lipinski definition) is 1. The normalized spacial score (nSPS) is 19.2. The second-order valence-electron chi connectivity index (χ2n) is 4.89. The third-order valence-corrected chi connectivity index (χ3v) is 3.57. The number of benzene rings is 1. The Kier molecular flexibility index (Phi) is 5.11. The topological polar surface area (TPSA) is 84.7 Å². The molecule has 1 aliphatic rings. The third-order valence-electron chi connectivity index (χ3n) is 3.24. The lowest BCUT2D eigenvalue weighted by Gasteiger charge is -2.30. The molecule has 1 heterocycles. The highest BCUT2D eigenvalue weighted by Crippen LogP contribution is 2.21. The number of halogens is 1. The lowest BCUT2D eigenvalue weighted by Crippen LogP contribution is -2.45. The van der Waals surface area contributed by atoms with E-state index >= 15 is 0 Å². The van der Waals surface area contributed by atoms with Crippen molar-refractivity contribution < 1.29 is 14.5 Å². The molecule has 114 valence electrons. The smallest absolute Gasteiger partial charge is 0.270 e. The number of carbonyl (C=O) groups excluding carboxylic acids is 1. The number of ether oxygens (including phenoxy) is 1. The molecule has 1 aromatic rings. The maximum Gasteiger partial charge on any atom is 0.270 e. The van der Waals surface area contributed by atoms with Crippen molar-refractivity contribution in [2.75, 3.05) is 33.3 Å². The zero-order chi connectivity index (χ0) is 15.4. The Hall–Kier alpha value is -1.70. The molecule has 21 heavy (non-hydrogen) atoms. The summed E-state index contributed by atoms with van der Waals surface area (Å²) < 4.78 is 5.53. The molecule has 0 spiro atoms. The van der Waals surface area contributed by atoms with Crippen molar-refractivity contribution in [1.82, 2.24) is 10.2 Å². The van der Waals surface area contributed by atoms with E-state index in [1.165, 1.54) is 18.2 Å². The van der Waals surface area contributed by atoms with E-state index < -0.39 is 10.8 Å². The summed E-state index contributed by atoms with van der Waals surface area (Å²) in [5, 5.41) is 13.6. The summed E-state index contributed by atoms with van der Waals surface area (Å²) in [7, 11) is 1.98. The molecule has 0 aromatic heterocycles. The van der Waals surface area contributed by atoms with E-state index in [1.807, 2.05) is 7.05 Å². The van der Waals surface area contributed by atoms with Gasteiger partial charge in [-0.15, -0.1) is 0 Å². The summed E-state index contributed by atoms with van der Waals surface area (Å²) in [5.41, 5.74) is -0.0757. The van der Waals surface area contributed by atoms with E-state index in [9.17, 15) is 14.9 Å². The number of nitro groups is 1. The van der Waals surface area contributed by atoms with Crippen LogP contribution in [0.3, 0.4) is 0 Å². The molecule has 1 atom stereocenters. The second-order valence-corrected chi connectivity index (χ2v) is 5.29. The zero-order valence-corrected chi connectivity index (χ0v) is 12.3. The first-order chi connectivity index (χ1) is 9.97. The van der Waals surface area contributed by atoms with Crippen LogP contribution in [0, 0.1) is 10.1 Å². The monoisotopic (exact) mass is 313 g/mol. The summed E-state index contributed by atoms with van der Waals surface area (Å²) in [6, 6.07) is 3.78. The van der Waals surface area contributed by atoms with E-state index in [2.05, 4.69) is 10.2 Å². The van der Waals surface area contributed by atoms with E-state index in [0.29, 0.717) is 13.2 Å². The zero-order valence-electron chi connectivity index (χ0n) is 11.5. The van der Waals surface area contributed by atoms with Gasteiger partial charge in [0, 0.05) is 31.8 Å². The molecule has 1 unspecified atom stereocenters. The molecule has 0 aliphatic carbocycles. The standard InChI is InChI=1S/C13H16ClN3O4/c1-16-4-5-21-10(8-16)7-15-13(18)11-6-9(17(19)20)2-3-12(11)14/h2-3,6,10H,4-5,7-8H2,1H3,(H,15,18). The number of likely N-dealkylation sites (N-methyl/N-ethyl adjacent to an activating group) is 1. The van der Waals surface area contributed by atoms with E-state index in [-0.39, 0.29) is 22.4 Å². The van der Waals surface area contributed by atoms with Crippen molar-refractivity contribution in [1.29, 1.82) is 0 Å². The first-order valence-corrected chi connectivity index (χ1v) is 6.87. The molecular formula is C13H16ClN3O4. The molecule has 1 aromatic carbocycles. The highest BCUT2D eigenvalue weighted by atomic mass is 35.5. The Morgan fingerprint density at radius 2 is 2.38 bits per heavy atom. The van der Waals surface area contributed by atoms with E-state index in [4.69, 9.17) is 16.3 Å². The predicted octanol–water partition coefficient (Wildman–Crippen LogP) is 1.31. The van der Waals surface area contributed by atoms with Gasteiger partial charge in [-0.25, -0.2) is 0 Å². The number of morpholine rings is 1. The van der Waals surface area contributed by atoms with Crippen LogP contribution in [0.25, 0.3) is 0 Å². The van der Waals surface area contributed by atoms with Crippen LogP contribution >= 0.6 is 11.6 Å². The minimum atomic E-state index is -0.563. The van der Waals surface area contributed by atoms with Gasteiger partial charge in [-0.1, -0.05) is 11.6 Å². The third kappa shape index (κ3) is 4.13. The molecule has 0 bridgehead atoms. The molecule has 1 amide bonds. The molecule has 1 fully saturated rings. The van der Waals surface area contributed by atoms with Gasteiger partial charge in [0.1, 0.15) is 0 Å². The fourth-order valence-corrected chi connectivity index (χ4v) is 2.30. The average Bonchev–Trinajstić information content (AvgIpc) is 2.45. The van der Waals surface area contributed by atoms with Crippen LogP contribution in [0.2, 0.25) is 5.02 Å². The Balaban J connectivity index is 1.99. The number of nitrogens with zero attached hydrogens (tertiary/aromatic N) is 2. The highest BCUT2D eigenvalue weighted by Gasteiger charge is 2.20. The van der Waals surface area contributed by atoms with Gasteiger partial charge in [0.2, 0.25) is 0 Å². The fourth-order valence-electron chi connectivity index (χ4n) is 2.09. The van der Waals surface area contributed by atoms with Gasteiger partial charge in [-0.05, 0) is 13.1 Å². The molecule has 0 saturated carbocycles. The first kappa shape index (κ1) is 15.7. The summed E-state index contributed by atoms with van der Waals surface area (Å²) in [5.74, 6) is -0.444. The van der Waals surface area contributed by atoms with Crippen LogP contribution < -0.4 is 5.32 Å². The average molecular weight is 314 g/mol.